The molecule has 0 aliphatic carbocycles. The van der Waals surface area contributed by atoms with Crippen LogP contribution in [0.5, 0.6) is 0 Å². The highest BCUT2D eigenvalue weighted by Gasteiger charge is 2.34. The monoisotopic (exact) mass is 406 g/mol. The highest BCUT2D eigenvalue weighted by atomic mass is 32.2. The van der Waals surface area contributed by atoms with Gasteiger partial charge in [-0.15, -0.1) is 11.8 Å². The summed E-state index contributed by atoms with van der Waals surface area (Å²) in [5.41, 5.74) is 3.56. The van der Waals surface area contributed by atoms with Crippen LogP contribution in [0.2, 0.25) is 0 Å². The molecule has 29 heavy (non-hydrogen) atoms. The van der Waals surface area contributed by atoms with E-state index in [-0.39, 0.29) is 23.0 Å². The summed E-state index contributed by atoms with van der Waals surface area (Å²) in [4.78, 5) is 26.7. The van der Waals surface area contributed by atoms with Crippen molar-refractivity contribution in [3.05, 3.63) is 95.3 Å². The maximum atomic E-state index is 13.7. The fraction of sp³-hybridized carbons (Fsp3) is 0.130. The van der Waals surface area contributed by atoms with Crippen molar-refractivity contribution in [2.45, 2.75) is 12.3 Å². The number of nitrogens with zero attached hydrogens (tertiary/aromatic N) is 1. The van der Waals surface area contributed by atoms with Gasteiger partial charge in [-0.3, -0.25) is 14.5 Å². The molecule has 0 radical (unpaired) electrons. The van der Waals surface area contributed by atoms with Gasteiger partial charge < -0.3 is 5.32 Å². The molecule has 3 aromatic carbocycles. The van der Waals surface area contributed by atoms with Crippen molar-refractivity contribution in [1.29, 1.82) is 0 Å². The molecule has 3 aromatic rings. The highest BCUT2D eigenvalue weighted by Crippen LogP contribution is 2.42. The lowest BCUT2D eigenvalue weighted by atomic mass is 10.1. The Labute approximate surface area is 172 Å². The molecule has 1 aliphatic heterocycles. The Morgan fingerprint density at radius 1 is 1.07 bits per heavy atom. The molecule has 4 rings (SSSR count). The smallest absolute Gasteiger partial charge is 0.255 e. The van der Waals surface area contributed by atoms with Crippen molar-refractivity contribution in [2.75, 3.05) is 16.0 Å². The van der Waals surface area contributed by atoms with Crippen LogP contribution in [0.15, 0.2) is 72.8 Å². The van der Waals surface area contributed by atoms with E-state index < -0.39 is 0 Å². The molecule has 1 aliphatic rings. The number of thioether (sulfide) groups is 1. The van der Waals surface area contributed by atoms with Crippen molar-refractivity contribution in [3.63, 3.8) is 0 Å². The minimum Gasteiger partial charge on any atom is -0.322 e. The van der Waals surface area contributed by atoms with E-state index in [1.165, 1.54) is 23.9 Å². The minimum atomic E-state index is -0.384. The molecule has 1 unspecified atom stereocenters. The zero-order valence-corrected chi connectivity index (χ0v) is 16.6. The van der Waals surface area contributed by atoms with Crippen LogP contribution in [0.25, 0.3) is 0 Å². The van der Waals surface area contributed by atoms with E-state index in [2.05, 4.69) is 5.32 Å². The Bertz CT molecular complexity index is 1090. The average Bonchev–Trinajstić information content (AvgIpc) is 3.10. The molecular weight excluding hydrogens is 387 g/mol. The summed E-state index contributed by atoms with van der Waals surface area (Å²) < 4.78 is 13.7. The van der Waals surface area contributed by atoms with E-state index in [0.717, 1.165) is 11.1 Å². The van der Waals surface area contributed by atoms with Gasteiger partial charge in [0.25, 0.3) is 5.91 Å². The first-order chi connectivity index (χ1) is 14.0. The van der Waals surface area contributed by atoms with E-state index in [1.807, 2.05) is 49.4 Å². The molecule has 0 bridgehead atoms. The van der Waals surface area contributed by atoms with E-state index in [9.17, 15) is 14.0 Å². The van der Waals surface area contributed by atoms with Gasteiger partial charge in [0.05, 0.1) is 5.75 Å². The van der Waals surface area contributed by atoms with E-state index in [4.69, 9.17) is 0 Å². The standard InChI is InChI=1S/C23H19FN2O2S/c1-15-6-2-3-11-20(15)22(28)25-18-9-4-7-16(12-18)23-26(21(27)14-29-23)19-10-5-8-17(24)13-19/h2-13,23H,14H2,1H3,(H,25,28). The van der Waals surface area contributed by atoms with Gasteiger partial charge in [0, 0.05) is 16.9 Å². The summed E-state index contributed by atoms with van der Waals surface area (Å²) >= 11 is 1.48. The fourth-order valence-electron chi connectivity index (χ4n) is 3.37. The molecule has 2 amide bonds. The SMILES string of the molecule is Cc1ccccc1C(=O)Nc1cccc(C2SCC(=O)N2c2cccc(F)c2)c1. The third-order valence-electron chi connectivity index (χ3n) is 4.77. The van der Waals surface area contributed by atoms with Crippen LogP contribution in [-0.4, -0.2) is 17.6 Å². The van der Waals surface area contributed by atoms with Crippen LogP contribution >= 0.6 is 11.8 Å². The number of benzene rings is 3. The van der Waals surface area contributed by atoms with Gasteiger partial charge in [-0.05, 0) is 54.4 Å². The quantitative estimate of drug-likeness (QED) is 0.651. The van der Waals surface area contributed by atoms with Crippen molar-refractivity contribution >= 4 is 35.0 Å². The number of carbonyl (C=O) groups is 2. The lowest BCUT2D eigenvalue weighted by Gasteiger charge is -2.24. The summed E-state index contributed by atoms with van der Waals surface area (Å²) in [5, 5.41) is 2.65. The number of amides is 2. The second-order valence-electron chi connectivity index (χ2n) is 6.80. The lowest BCUT2D eigenvalue weighted by Crippen LogP contribution is -2.27. The molecule has 1 fully saturated rings. The molecule has 6 heteroatoms. The number of anilines is 2. The molecule has 1 atom stereocenters. The zero-order valence-electron chi connectivity index (χ0n) is 15.8. The van der Waals surface area contributed by atoms with Crippen molar-refractivity contribution in [3.8, 4) is 0 Å². The Kier molecular flexibility index (Phi) is 5.36. The van der Waals surface area contributed by atoms with Crippen LogP contribution in [0.3, 0.4) is 0 Å². The van der Waals surface area contributed by atoms with Crippen LogP contribution in [-0.2, 0) is 4.79 Å². The molecule has 4 nitrogen and oxygen atoms in total. The Morgan fingerprint density at radius 3 is 2.66 bits per heavy atom. The number of nitrogens with one attached hydrogen (secondary N) is 1. The predicted molar refractivity (Wildman–Crippen MR) is 115 cm³/mol. The average molecular weight is 406 g/mol. The van der Waals surface area contributed by atoms with Gasteiger partial charge in [-0.2, -0.15) is 0 Å². The van der Waals surface area contributed by atoms with Gasteiger partial charge in [-0.25, -0.2) is 4.39 Å². The first-order valence-corrected chi connectivity index (χ1v) is 10.2. The summed E-state index contributed by atoms with van der Waals surface area (Å²) in [7, 11) is 0. The summed E-state index contributed by atoms with van der Waals surface area (Å²) in [5.74, 6) is -0.316. The van der Waals surface area contributed by atoms with Crippen LogP contribution in [0, 0.1) is 12.7 Å². The molecule has 1 N–H and O–H groups in total. The largest absolute Gasteiger partial charge is 0.322 e. The second kappa shape index (κ2) is 8.09. The van der Waals surface area contributed by atoms with E-state index >= 15 is 0 Å². The number of hydrogen-bond donors (Lipinski definition) is 1. The van der Waals surface area contributed by atoms with Crippen molar-refractivity contribution < 1.29 is 14.0 Å². The summed E-state index contributed by atoms with van der Waals surface area (Å²) in [6.45, 7) is 1.89. The van der Waals surface area contributed by atoms with E-state index in [1.54, 1.807) is 23.1 Å². The van der Waals surface area contributed by atoms with Crippen molar-refractivity contribution in [1.82, 2.24) is 0 Å². The molecule has 1 saturated heterocycles. The van der Waals surface area contributed by atoms with Crippen molar-refractivity contribution in [2.24, 2.45) is 0 Å². The molecule has 0 spiro atoms. The number of rotatable bonds is 4. The van der Waals surface area contributed by atoms with Crippen LogP contribution in [0.1, 0.15) is 26.9 Å². The Hall–Kier alpha value is -3.12. The molecular formula is C23H19FN2O2S. The van der Waals surface area contributed by atoms with Gasteiger partial charge in [-0.1, -0.05) is 36.4 Å². The van der Waals surface area contributed by atoms with Crippen LogP contribution < -0.4 is 10.2 Å². The van der Waals surface area contributed by atoms with Crippen LogP contribution in [0.4, 0.5) is 15.8 Å². The topological polar surface area (TPSA) is 49.4 Å². The number of aryl methyl sites for hydroxylation is 1. The summed E-state index contributed by atoms with van der Waals surface area (Å²) in [6.07, 6.45) is 0. The zero-order chi connectivity index (χ0) is 20.4. The summed E-state index contributed by atoms with van der Waals surface area (Å²) in [6, 6.07) is 20.9. The van der Waals surface area contributed by atoms with Gasteiger partial charge in [0.1, 0.15) is 11.2 Å². The Morgan fingerprint density at radius 2 is 1.86 bits per heavy atom. The highest BCUT2D eigenvalue weighted by molar-refractivity contribution is 8.00. The normalized spacial score (nSPS) is 16.1. The van der Waals surface area contributed by atoms with Gasteiger partial charge >= 0.3 is 0 Å². The van der Waals surface area contributed by atoms with Gasteiger partial charge in [0.15, 0.2) is 0 Å². The maximum Gasteiger partial charge on any atom is 0.255 e. The maximum absolute atomic E-state index is 13.7. The first-order valence-electron chi connectivity index (χ1n) is 9.19. The third kappa shape index (κ3) is 4.03. The molecule has 0 aromatic heterocycles. The number of hydrogen-bond acceptors (Lipinski definition) is 3. The fourth-order valence-corrected chi connectivity index (χ4v) is 4.54. The molecule has 0 saturated carbocycles. The molecule has 146 valence electrons. The third-order valence-corrected chi connectivity index (χ3v) is 5.99. The molecule has 1 heterocycles. The number of carbonyl (C=O) groups excluding carboxylic acids is 2. The minimum absolute atomic E-state index is 0.0695. The first kappa shape index (κ1) is 19.2. The van der Waals surface area contributed by atoms with E-state index in [0.29, 0.717) is 22.7 Å². The number of halogens is 1. The lowest BCUT2D eigenvalue weighted by molar-refractivity contribution is -0.115. The Balaban J connectivity index is 1.60. The predicted octanol–water partition coefficient (Wildman–Crippen LogP) is 5.17. The van der Waals surface area contributed by atoms with Gasteiger partial charge in [0.2, 0.25) is 5.91 Å². The second-order valence-corrected chi connectivity index (χ2v) is 7.87.